The second-order valence-electron chi connectivity index (χ2n) is 4.44. The number of nitro groups is 1. The summed E-state index contributed by atoms with van der Waals surface area (Å²) in [5.74, 6) is 0. The molecule has 0 fully saturated rings. The van der Waals surface area contributed by atoms with Crippen molar-refractivity contribution >= 4 is 15.7 Å². The van der Waals surface area contributed by atoms with Crippen molar-refractivity contribution in [1.29, 1.82) is 0 Å². The van der Waals surface area contributed by atoms with Crippen molar-refractivity contribution in [2.24, 2.45) is 0 Å². The average molecular weight is 293 g/mol. The first-order valence-corrected chi connectivity index (χ1v) is 7.34. The maximum atomic E-state index is 12.6. The van der Waals surface area contributed by atoms with E-state index in [0.29, 0.717) is 11.4 Å². The number of rotatable bonds is 2. The summed E-state index contributed by atoms with van der Waals surface area (Å²) < 4.78 is 26.2. The lowest BCUT2D eigenvalue weighted by Crippen LogP contribution is -2.22. The Morgan fingerprint density at radius 2 is 2.00 bits per heavy atom. The molecule has 1 N–H and O–H groups in total. The Labute approximate surface area is 115 Å². The van der Waals surface area contributed by atoms with E-state index in [-0.39, 0.29) is 4.90 Å². The molecule has 1 aliphatic heterocycles. The molecule has 8 heteroatoms. The van der Waals surface area contributed by atoms with Crippen LogP contribution in [0.15, 0.2) is 47.5 Å². The first-order chi connectivity index (χ1) is 9.50. The van der Waals surface area contributed by atoms with Gasteiger partial charge in [-0.05, 0) is 24.3 Å². The summed E-state index contributed by atoms with van der Waals surface area (Å²) >= 11 is 0. The summed E-state index contributed by atoms with van der Waals surface area (Å²) in [7, 11) is -3.73. The number of para-hydroxylation sites is 1. The van der Waals surface area contributed by atoms with Gasteiger partial charge >= 0.3 is 0 Å². The maximum Gasteiger partial charge on any atom is 0.269 e. The molecule has 0 radical (unpaired) electrons. The predicted octanol–water partition coefficient (Wildman–Crippen LogP) is 1.47. The Hall–Kier alpha value is -2.35. The molecule has 0 aliphatic carbocycles. The van der Waals surface area contributed by atoms with Gasteiger partial charge in [-0.1, -0.05) is 12.1 Å². The SMILES string of the molecule is O=[N+]([O-])CC1Nc2ccccc2S(=O)(=O)n2cccc21. The minimum absolute atomic E-state index is 0.114. The third kappa shape index (κ3) is 1.85. The molecule has 0 spiro atoms. The number of hydrogen-bond acceptors (Lipinski definition) is 5. The van der Waals surface area contributed by atoms with Crippen molar-refractivity contribution in [3.63, 3.8) is 0 Å². The van der Waals surface area contributed by atoms with E-state index in [1.807, 2.05) is 0 Å². The molecule has 1 atom stereocenters. The molecule has 1 aromatic carbocycles. The van der Waals surface area contributed by atoms with Crippen LogP contribution in [0.2, 0.25) is 0 Å². The van der Waals surface area contributed by atoms with Crippen LogP contribution in [0.4, 0.5) is 5.69 Å². The van der Waals surface area contributed by atoms with E-state index in [1.165, 1.54) is 12.3 Å². The van der Waals surface area contributed by atoms with Crippen LogP contribution in [0, 0.1) is 10.1 Å². The van der Waals surface area contributed by atoms with Gasteiger partial charge in [-0.2, -0.15) is 0 Å². The molecule has 2 heterocycles. The smallest absolute Gasteiger partial charge is 0.269 e. The molecule has 7 nitrogen and oxygen atoms in total. The number of nitrogens with one attached hydrogen (secondary N) is 1. The van der Waals surface area contributed by atoms with E-state index in [0.717, 1.165) is 3.97 Å². The van der Waals surface area contributed by atoms with Crippen molar-refractivity contribution in [2.45, 2.75) is 10.9 Å². The van der Waals surface area contributed by atoms with Gasteiger partial charge in [0, 0.05) is 11.1 Å². The largest absolute Gasteiger partial charge is 0.370 e. The van der Waals surface area contributed by atoms with E-state index in [1.54, 1.807) is 30.3 Å². The van der Waals surface area contributed by atoms with Gasteiger partial charge in [-0.3, -0.25) is 10.1 Å². The highest BCUT2D eigenvalue weighted by Gasteiger charge is 2.32. The normalized spacial score (nSPS) is 19.3. The molecule has 20 heavy (non-hydrogen) atoms. The summed E-state index contributed by atoms with van der Waals surface area (Å²) in [5, 5.41) is 13.7. The second kappa shape index (κ2) is 4.34. The van der Waals surface area contributed by atoms with Crippen LogP contribution in [0.3, 0.4) is 0 Å². The molecular weight excluding hydrogens is 282 g/mol. The maximum absolute atomic E-state index is 12.6. The van der Waals surface area contributed by atoms with Crippen LogP contribution in [-0.4, -0.2) is 23.9 Å². The molecule has 0 bridgehead atoms. The minimum Gasteiger partial charge on any atom is -0.370 e. The molecule has 1 aliphatic rings. The van der Waals surface area contributed by atoms with Gasteiger partial charge in [0.2, 0.25) is 6.54 Å². The fourth-order valence-electron chi connectivity index (χ4n) is 2.33. The molecule has 104 valence electrons. The fraction of sp³-hybridized carbons (Fsp3) is 0.167. The zero-order valence-electron chi connectivity index (χ0n) is 10.3. The number of anilines is 1. The van der Waals surface area contributed by atoms with Gasteiger partial charge in [0.1, 0.15) is 10.9 Å². The summed E-state index contributed by atoms with van der Waals surface area (Å²) in [6.45, 7) is -0.395. The van der Waals surface area contributed by atoms with Crippen LogP contribution in [0.1, 0.15) is 11.7 Å². The van der Waals surface area contributed by atoms with Crippen molar-refractivity contribution in [3.8, 4) is 0 Å². The molecule has 1 unspecified atom stereocenters. The van der Waals surface area contributed by atoms with Crippen LogP contribution >= 0.6 is 0 Å². The average Bonchev–Trinajstić information content (AvgIpc) is 2.85. The highest BCUT2D eigenvalue weighted by molar-refractivity contribution is 7.90. The zero-order chi connectivity index (χ0) is 14.3. The van der Waals surface area contributed by atoms with Crippen LogP contribution < -0.4 is 5.32 Å². The third-order valence-electron chi connectivity index (χ3n) is 3.19. The second-order valence-corrected chi connectivity index (χ2v) is 6.23. The summed E-state index contributed by atoms with van der Waals surface area (Å²) in [4.78, 5) is 10.4. The standard InChI is InChI=1S/C12H11N3O4S/c16-15(17)8-10-11-5-3-7-14(11)20(18,19)12-6-2-1-4-9(12)13-10/h1-7,10,13H,8H2. The highest BCUT2D eigenvalue weighted by Crippen LogP contribution is 2.33. The van der Waals surface area contributed by atoms with Gasteiger partial charge in [0.15, 0.2) is 0 Å². The van der Waals surface area contributed by atoms with Gasteiger partial charge in [0.05, 0.1) is 11.4 Å². The Morgan fingerprint density at radius 1 is 1.25 bits per heavy atom. The molecule has 1 aromatic heterocycles. The van der Waals surface area contributed by atoms with Crippen LogP contribution in [-0.2, 0) is 10.0 Å². The Bertz CT molecular complexity index is 782. The number of nitrogens with zero attached hydrogens (tertiary/aromatic N) is 2. The van der Waals surface area contributed by atoms with Gasteiger partial charge < -0.3 is 5.32 Å². The van der Waals surface area contributed by atoms with Gasteiger partial charge in [-0.25, -0.2) is 12.4 Å². The Balaban J connectivity index is 2.25. The lowest BCUT2D eigenvalue weighted by molar-refractivity contribution is -0.482. The van der Waals surface area contributed by atoms with Crippen LogP contribution in [0.5, 0.6) is 0 Å². The quantitative estimate of drug-likeness (QED) is 0.668. The number of fused-ring (bicyclic) bond motifs is 2. The number of aromatic nitrogens is 1. The van der Waals surface area contributed by atoms with Crippen molar-refractivity contribution in [3.05, 3.63) is 58.4 Å². The highest BCUT2D eigenvalue weighted by atomic mass is 32.2. The number of hydrogen-bond donors (Lipinski definition) is 1. The first-order valence-electron chi connectivity index (χ1n) is 5.90. The van der Waals surface area contributed by atoms with Crippen LogP contribution in [0.25, 0.3) is 0 Å². The fourth-order valence-corrected chi connectivity index (χ4v) is 3.90. The van der Waals surface area contributed by atoms with E-state index < -0.39 is 27.5 Å². The van der Waals surface area contributed by atoms with Crippen molar-refractivity contribution in [2.75, 3.05) is 11.9 Å². The Morgan fingerprint density at radius 3 is 2.75 bits per heavy atom. The van der Waals surface area contributed by atoms with E-state index >= 15 is 0 Å². The van der Waals surface area contributed by atoms with E-state index in [2.05, 4.69) is 5.32 Å². The molecule has 0 saturated heterocycles. The summed E-state index contributed by atoms with van der Waals surface area (Å²) in [6, 6.07) is 8.83. The molecule has 3 rings (SSSR count). The van der Waals surface area contributed by atoms with E-state index in [4.69, 9.17) is 0 Å². The van der Waals surface area contributed by atoms with Gasteiger partial charge in [-0.15, -0.1) is 0 Å². The third-order valence-corrected chi connectivity index (χ3v) is 4.95. The molecule has 0 amide bonds. The molecule has 2 aromatic rings. The predicted molar refractivity (Wildman–Crippen MR) is 71.7 cm³/mol. The Kier molecular flexibility index (Phi) is 2.75. The lowest BCUT2D eigenvalue weighted by Gasteiger charge is -2.13. The number of benzene rings is 1. The van der Waals surface area contributed by atoms with Crippen molar-refractivity contribution < 1.29 is 13.3 Å². The summed E-state index contributed by atoms with van der Waals surface area (Å²) in [5.41, 5.74) is 0.737. The zero-order valence-corrected chi connectivity index (χ0v) is 11.1. The molecule has 0 saturated carbocycles. The molecular formula is C12H11N3O4S. The first kappa shape index (κ1) is 12.7. The van der Waals surface area contributed by atoms with Crippen molar-refractivity contribution in [1.82, 2.24) is 3.97 Å². The minimum atomic E-state index is -3.73. The topological polar surface area (TPSA) is 94.2 Å². The summed E-state index contributed by atoms with van der Waals surface area (Å²) in [6.07, 6.45) is 1.40. The monoisotopic (exact) mass is 293 g/mol. The van der Waals surface area contributed by atoms with Gasteiger partial charge in [0.25, 0.3) is 10.0 Å². The van der Waals surface area contributed by atoms with E-state index in [9.17, 15) is 18.5 Å². The lowest BCUT2D eigenvalue weighted by atomic mass is 10.2.